The molecule has 60 valence electrons. The van der Waals surface area contributed by atoms with Gasteiger partial charge in [-0.1, -0.05) is 0 Å². The van der Waals surface area contributed by atoms with Gasteiger partial charge in [-0.2, -0.15) is 0 Å². The van der Waals surface area contributed by atoms with Gasteiger partial charge in [0.2, 0.25) is 5.91 Å². The van der Waals surface area contributed by atoms with Crippen LogP contribution in [-0.4, -0.2) is 28.7 Å². The molecule has 0 saturated carbocycles. The summed E-state index contributed by atoms with van der Waals surface area (Å²) in [4.78, 5) is 23.9. The molecule has 0 radical (unpaired) electrons. The van der Waals surface area contributed by atoms with E-state index in [1.54, 1.807) is 11.8 Å². The van der Waals surface area contributed by atoms with Crippen molar-refractivity contribution >= 4 is 11.7 Å². The summed E-state index contributed by atoms with van der Waals surface area (Å²) in [5, 5.41) is 0. The Labute approximate surface area is 65.4 Å². The minimum atomic E-state index is -0.0579. The van der Waals surface area contributed by atoms with Crippen LogP contribution in [0.1, 0.15) is 26.2 Å². The van der Waals surface area contributed by atoms with E-state index in [1.165, 1.54) is 0 Å². The molecule has 2 rings (SSSR count). The molecule has 2 aliphatic heterocycles. The number of fused-ring (bicyclic) bond motifs is 2. The molecule has 2 unspecified atom stereocenters. The number of carbonyl (C=O) groups excluding carboxylic acids is 2. The van der Waals surface area contributed by atoms with Crippen molar-refractivity contribution in [2.45, 2.75) is 38.3 Å². The summed E-state index contributed by atoms with van der Waals surface area (Å²) < 4.78 is 0. The lowest BCUT2D eigenvalue weighted by Crippen LogP contribution is -2.34. The van der Waals surface area contributed by atoms with Crippen LogP contribution in [0.2, 0.25) is 0 Å². The van der Waals surface area contributed by atoms with Gasteiger partial charge in [0.1, 0.15) is 0 Å². The normalized spacial score (nSPS) is 35.0. The Kier molecular flexibility index (Phi) is 1.28. The fourth-order valence-corrected chi connectivity index (χ4v) is 2.24. The van der Waals surface area contributed by atoms with Gasteiger partial charge < -0.3 is 4.90 Å². The second kappa shape index (κ2) is 2.06. The first-order valence-corrected chi connectivity index (χ1v) is 4.02. The van der Waals surface area contributed by atoms with Crippen LogP contribution in [0.25, 0.3) is 0 Å². The largest absolute Gasteiger partial charge is 0.329 e. The maximum atomic E-state index is 11.2. The molecule has 0 aromatic rings. The lowest BCUT2D eigenvalue weighted by Gasteiger charge is -2.17. The Morgan fingerprint density at radius 1 is 1.55 bits per heavy atom. The van der Waals surface area contributed by atoms with Gasteiger partial charge in [0.05, 0.1) is 6.04 Å². The van der Waals surface area contributed by atoms with Gasteiger partial charge in [0.15, 0.2) is 5.78 Å². The zero-order chi connectivity index (χ0) is 8.01. The van der Waals surface area contributed by atoms with Crippen molar-refractivity contribution in [3.05, 3.63) is 0 Å². The molecule has 2 saturated heterocycles. The van der Waals surface area contributed by atoms with Crippen LogP contribution in [0.4, 0.5) is 0 Å². The Balaban J connectivity index is 2.25. The minimum Gasteiger partial charge on any atom is -0.329 e. The second-order valence-corrected chi connectivity index (χ2v) is 3.34. The molecule has 2 fully saturated rings. The molecule has 0 N–H and O–H groups in total. The van der Waals surface area contributed by atoms with Crippen LogP contribution in [0.3, 0.4) is 0 Å². The number of Topliss-reactive ketones (excluding diaryl/α,β-unsaturated/α-hetero) is 1. The predicted molar refractivity (Wildman–Crippen MR) is 39.0 cm³/mol. The number of hydrogen-bond donors (Lipinski definition) is 0. The highest BCUT2D eigenvalue weighted by molar-refractivity contribution is 5.93. The number of ketones is 1. The molecule has 0 aliphatic carbocycles. The van der Waals surface area contributed by atoms with Gasteiger partial charge in [-0.15, -0.1) is 0 Å². The van der Waals surface area contributed by atoms with Crippen molar-refractivity contribution in [3.63, 3.8) is 0 Å². The summed E-state index contributed by atoms with van der Waals surface area (Å²) in [7, 11) is 0. The van der Waals surface area contributed by atoms with E-state index in [0.29, 0.717) is 6.42 Å². The Morgan fingerprint density at radius 2 is 2.27 bits per heavy atom. The van der Waals surface area contributed by atoms with Crippen molar-refractivity contribution in [1.29, 1.82) is 0 Å². The van der Waals surface area contributed by atoms with Gasteiger partial charge in [0, 0.05) is 19.4 Å². The molecule has 0 spiro atoms. The zero-order valence-electron chi connectivity index (χ0n) is 6.54. The van der Waals surface area contributed by atoms with E-state index in [2.05, 4.69) is 0 Å². The van der Waals surface area contributed by atoms with Crippen LogP contribution in [0, 0.1) is 0 Å². The number of rotatable bonds is 0. The van der Waals surface area contributed by atoms with Crippen molar-refractivity contribution in [2.75, 3.05) is 0 Å². The second-order valence-electron chi connectivity index (χ2n) is 3.34. The van der Waals surface area contributed by atoms with Crippen molar-refractivity contribution in [2.24, 2.45) is 0 Å². The van der Waals surface area contributed by atoms with E-state index in [9.17, 15) is 9.59 Å². The van der Waals surface area contributed by atoms with E-state index < -0.39 is 0 Å². The first-order chi connectivity index (χ1) is 5.20. The lowest BCUT2D eigenvalue weighted by molar-refractivity contribution is -0.132. The molecule has 1 amide bonds. The van der Waals surface area contributed by atoms with Crippen molar-refractivity contribution < 1.29 is 9.59 Å². The third kappa shape index (κ3) is 0.800. The topological polar surface area (TPSA) is 37.4 Å². The fraction of sp³-hybridized carbons (Fsp3) is 0.750. The molecular weight excluding hydrogens is 142 g/mol. The molecule has 3 heteroatoms. The molecule has 2 atom stereocenters. The first-order valence-electron chi connectivity index (χ1n) is 4.02. The van der Waals surface area contributed by atoms with Gasteiger partial charge in [0.25, 0.3) is 0 Å². The standard InChI is InChI=1S/C8H11NO2/c1-5(10)9-6-2-3-7(9)8(11)4-6/h6-7H,2-4H2,1H3. The average molecular weight is 153 g/mol. The van der Waals surface area contributed by atoms with Crippen LogP contribution >= 0.6 is 0 Å². The zero-order valence-corrected chi connectivity index (χ0v) is 6.54. The monoisotopic (exact) mass is 153 g/mol. The Bertz CT molecular complexity index is 224. The summed E-state index contributed by atoms with van der Waals surface area (Å²) in [6.07, 6.45) is 2.52. The lowest BCUT2D eigenvalue weighted by atomic mass is 10.00. The van der Waals surface area contributed by atoms with Gasteiger partial charge >= 0.3 is 0 Å². The summed E-state index contributed by atoms with van der Waals surface area (Å²) in [6, 6.07) is 0.183. The molecule has 3 nitrogen and oxygen atoms in total. The van der Waals surface area contributed by atoms with Crippen LogP contribution in [0.5, 0.6) is 0 Å². The summed E-state index contributed by atoms with van der Waals surface area (Å²) in [5.74, 6) is 0.319. The molecule has 11 heavy (non-hydrogen) atoms. The summed E-state index contributed by atoms with van der Waals surface area (Å²) >= 11 is 0. The minimum absolute atomic E-state index is 0.0579. The molecule has 2 heterocycles. The SMILES string of the molecule is CC(=O)N1C2CCC1C(=O)C2. The van der Waals surface area contributed by atoms with Crippen LogP contribution < -0.4 is 0 Å². The third-order valence-electron chi connectivity index (χ3n) is 2.67. The fourth-order valence-electron chi connectivity index (χ4n) is 2.24. The number of hydrogen-bond acceptors (Lipinski definition) is 2. The quantitative estimate of drug-likeness (QED) is 0.503. The Morgan fingerprint density at radius 3 is 2.55 bits per heavy atom. The predicted octanol–water partition coefficient (Wildman–Crippen LogP) is 0.339. The molecular formula is C8H11NO2. The van der Waals surface area contributed by atoms with E-state index in [0.717, 1.165) is 12.8 Å². The molecule has 2 bridgehead atoms. The molecule has 0 aromatic carbocycles. The molecule has 0 aromatic heterocycles. The highest BCUT2D eigenvalue weighted by atomic mass is 16.2. The van der Waals surface area contributed by atoms with Gasteiger partial charge in [-0.05, 0) is 12.8 Å². The maximum Gasteiger partial charge on any atom is 0.220 e. The summed E-state index contributed by atoms with van der Waals surface area (Å²) in [5.41, 5.74) is 0. The smallest absolute Gasteiger partial charge is 0.220 e. The number of nitrogens with zero attached hydrogens (tertiary/aromatic N) is 1. The van der Waals surface area contributed by atoms with E-state index in [1.807, 2.05) is 0 Å². The van der Waals surface area contributed by atoms with E-state index in [-0.39, 0.29) is 23.8 Å². The number of amides is 1. The van der Waals surface area contributed by atoms with Gasteiger partial charge in [-0.25, -0.2) is 0 Å². The average Bonchev–Trinajstić information content (AvgIpc) is 2.41. The van der Waals surface area contributed by atoms with Crippen LogP contribution in [-0.2, 0) is 9.59 Å². The highest BCUT2D eigenvalue weighted by Crippen LogP contribution is 2.34. The van der Waals surface area contributed by atoms with Gasteiger partial charge in [-0.3, -0.25) is 9.59 Å². The Hall–Kier alpha value is -0.860. The first kappa shape index (κ1) is 6.83. The van der Waals surface area contributed by atoms with E-state index in [4.69, 9.17) is 0 Å². The highest BCUT2D eigenvalue weighted by Gasteiger charge is 2.46. The van der Waals surface area contributed by atoms with Crippen molar-refractivity contribution in [3.8, 4) is 0 Å². The summed E-state index contributed by atoms with van der Waals surface area (Å²) in [6.45, 7) is 1.55. The van der Waals surface area contributed by atoms with E-state index >= 15 is 0 Å². The maximum absolute atomic E-state index is 11.2. The number of carbonyl (C=O) groups is 2. The van der Waals surface area contributed by atoms with Crippen LogP contribution in [0.15, 0.2) is 0 Å². The third-order valence-corrected chi connectivity index (χ3v) is 2.67. The molecule has 2 aliphatic rings. The van der Waals surface area contributed by atoms with Crippen molar-refractivity contribution in [1.82, 2.24) is 4.90 Å².